The molecule has 0 aliphatic rings. The van der Waals surface area contributed by atoms with E-state index in [2.05, 4.69) is 5.32 Å². The predicted molar refractivity (Wildman–Crippen MR) is 77.1 cm³/mol. The molecule has 3 N–H and O–H groups in total. The molecule has 1 amide bonds. The van der Waals surface area contributed by atoms with E-state index < -0.39 is 0 Å². The van der Waals surface area contributed by atoms with E-state index in [0.717, 1.165) is 18.4 Å². The van der Waals surface area contributed by atoms with Crippen LogP contribution in [-0.4, -0.2) is 18.6 Å². The maximum absolute atomic E-state index is 11.6. The zero-order valence-electron chi connectivity index (χ0n) is 12.0. The maximum Gasteiger partial charge on any atom is 0.258 e. The van der Waals surface area contributed by atoms with Gasteiger partial charge < -0.3 is 15.8 Å². The molecule has 0 aliphatic carbocycles. The Morgan fingerprint density at radius 3 is 2.42 bits per heavy atom. The van der Waals surface area contributed by atoms with Crippen molar-refractivity contribution in [1.29, 1.82) is 0 Å². The Morgan fingerprint density at radius 2 is 1.89 bits per heavy atom. The van der Waals surface area contributed by atoms with Crippen molar-refractivity contribution in [2.45, 2.75) is 45.7 Å². The number of hydrogen-bond acceptors (Lipinski definition) is 3. The third-order valence-corrected chi connectivity index (χ3v) is 3.14. The molecular formula is C15H24N2O2. The number of benzene rings is 1. The Morgan fingerprint density at radius 1 is 1.26 bits per heavy atom. The number of rotatable bonds is 7. The molecule has 4 nitrogen and oxygen atoms in total. The lowest BCUT2D eigenvalue weighted by Crippen LogP contribution is -2.35. The second-order valence-corrected chi connectivity index (χ2v) is 4.75. The zero-order valence-corrected chi connectivity index (χ0v) is 12.0. The van der Waals surface area contributed by atoms with Crippen molar-refractivity contribution in [3.63, 3.8) is 0 Å². The van der Waals surface area contributed by atoms with E-state index in [1.807, 2.05) is 45.0 Å². The van der Waals surface area contributed by atoms with E-state index in [0.29, 0.717) is 5.75 Å². The molecule has 0 fully saturated rings. The SMILES string of the molecule is CCC(C)NC(=O)COc1ccc(C(N)CC)cc1. The van der Waals surface area contributed by atoms with Crippen LogP contribution in [0.2, 0.25) is 0 Å². The first-order valence-electron chi connectivity index (χ1n) is 6.84. The van der Waals surface area contributed by atoms with Crippen molar-refractivity contribution in [2.75, 3.05) is 6.61 Å². The molecule has 4 heteroatoms. The number of carbonyl (C=O) groups excluding carboxylic acids is 1. The van der Waals surface area contributed by atoms with E-state index in [9.17, 15) is 4.79 Å². The molecule has 0 saturated heterocycles. The number of nitrogens with one attached hydrogen (secondary N) is 1. The summed E-state index contributed by atoms with van der Waals surface area (Å²) in [6.07, 6.45) is 1.81. The van der Waals surface area contributed by atoms with Crippen LogP contribution in [0.1, 0.15) is 45.2 Å². The standard InChI is InChI=1S/C15H24N2O2/c1-4-11(3)17-15(18)10-19-13-8-6-12(7-9-13)14(16)5-2/h6-9,11,14H,4-5,10,16H2,1-3H3,(H,17,18). The van der Waals surface area contributed by atoms with Gasteiger partial charge in [0.1, 0.15) is 5.75 Å². The van der Waals surface area contributed by atoms with Gasteiger partial charge in [-0.25, -0.2) is 0 Å². The molecule has 2 atom stereocenters. The minimum absolute atomic E-state index is 0.0452. The molecule has 0 saturated carbocycles. The summed E-state index contributed by atoms with van der Waals surface area (Å²) in [7, 11) is 0. The Labute approximate surface area is 115 Å². The quantitative estimate of drug-likeness (QED) is 0.794. The molecule has 2 unspecified atom stereocenters. The Balaban J connectivity index is 2.43. The van der Waals surface area contributed by atoms with Crippen LogP contribution in [0.5, 0.6) is 5.75 Å². The van der Waals surface area contributed by atoms with Gasteiger partial charge in [0.05, 0.1) is 0 Å². The van der Waals surface area contributed by atoms with Crippen molar-refractivity contribution < 1.29 is 9.53 Å². The fraction of sp³-hybridized carbons (Fsp3) is 0.533. The van der Waals surface area contributed by atoms with E-state index in [1.54, 1.807) is 0 Å². The highest BCUT2D eigenvalue weighted by Crippen LogP contribution is 2.18. The Bertz CT molecular complexity index is 390. The van der Waals surface area contributed by atoms with Crippen LogP contribution in [-0.2, 0) is 4.79 Å². The number of nitrogens with two attached hydrogens (primary N) is 1. The van der Waals surface area contributed by atoms with Crippen molar-refractivity contribution in [2.24, 2.45) is 5.73 Å². The smallest absolute Gasteiger partial charge is 0.258 e. The van der Waals surface area contributed by atoms with Crippen molar-refractivity contribution in [1.82, 2.24) is 5.32 Å². The summed E-state index contributed by atoms with van der Waals surface area (Å²) in [5.41, 5.74) is 7.01. The minimum Gasteiger partial charge on any atom is -0.484 e. The summed E-state index contributed by atoms with van der Waals surface area (Å²) >= 11 is 0. The number of ether oxygens (including phenoxy) is 1. The van der Waals surface area contributed by atoms with Crippen LogP contribution < -0.4 is 15.8 Å². The topological polar surface area (TPSA) is 64.3 Å². The average molecular weight is 264 g/mol. The van der Waals surface area contributed by atoms with Gasteiger partial charge in [0.2, 0.25) is 0 Å². The van der Waals surface area contributed by atoms with Gasteiger partial charge in [-0.3, -0.25) is 4.79 Å². The van der Waals surface area contributed by atoms with Crippen LogP contribution in [0.25, 0.3) is 0 Å². The van der Waals surface area contributed by atoms with Gasteiger partial charge in [0, 0.05) is 12.1 Å². The molecular weight excluding hydrogens is 240 g/mol. The van der Waals surface area contributed by atoms with Crippen LogP contribution in [0.4, 0.5) is 0 Å². The Hall–Kier alpha value is -1.55. The molecule has 1 rings (SSSR count). The van der Waals surface area contributed by atoms with Crippen molar-refractivity contribution in [3.8, 4) is 5.75 Å². The Kier molecular flexibility index (Phi) is 6.36. The monoisotopic (exact) mass is 264 g/mol. The van der Waals surface area contributed by atoms with Crippen molar-refractivity contribution >= 4 is 5.91 Å². The first-order chi connectivity index (χ1) is 9.06. The van der Waals surface area contributed by atoms with Gasteiger partial charge in [-0.05, 0) is 37.5 Å². The van der Waals surface area contributed by atoms with E-state index in [-0.39, 0.29) is 24.6 Å². The summed E-state index contributed by atoms with van der Waals surface area (Å²) in [5, 5.41) is 2.85. The number of amides is 1. The summed E-state index contributed by atoms with van der Waals surface area (Å²) in [5.74, 6) is 0.593. The maximum atomic E-state index is 11.6. The predicted octanol–water partition coefficient (Wildman–Crippen LogP) is 2.39. The fourth-order valence-corrected chi connectivity index (χ4v) is 1.61. The van der Waals surface area contributed by atoms with E-state index in [4.69, 9.17) is 10.5 Å². The van der Waals surface area contributed by atoms with Crippen LogP contribution in [0, 0.1) is 0 Å². The molecule has 106 valence electrons. The van der Waals surface area contributed by atoms with Crippen LogP contribution in [0.15, 0.2) is 24.3 Å². The molecule has 19 heavy (non-hydrogen) atoms. The molecule has 0 spiro atoms. The zero-order chi connectivity index (χ0) is 14.3. The lowest BCUT2D eigenvalue weighted by atomic mass is 10.1. The number of carbonyl (C=O) groups is 1. The first kappa shape index (κ1) is 15.5. The molecule has 0 aliphatic heterocycles. The van der Waals surface area contributed by atoms with Crippen molar-refractivity contribution in [3.05, 3.63) is 29.8 Å². The molecule has 0 bridgehead atoms. The summed E-state index contributed by atoms with van der Waals surface area (Å²) < 4.78 is 5.43. The van der Waals surface area contributed by atoms with Gasteiger partial charge in [-0.1, -0.05) is 26.0 Å². The molecule has 1 aromatic rings. The summed E-state index contributed by atoms with van der Waals surface area (Å²) in [6.45, 7) is 6.10. The lowest BCUT2D eigenvalue weighted by Gasteiger charge is -2.13. The second kappa shape index (κ2) is 7.79. The van der Waals surface area contributed by atoms with Gasteiger partial charge >= 0.3 is 0 Å². The van der Waals surface area contributed by atoms with Gasteiger partial charge in [-0.2, -0.15) is 0 Å². The highest BCUT2D eigenvalue weighted by Gasteiger charge is 2.07. The van der Waals surface area contributed by atoms with E-state index >= 15 is 0 Å². The van der Waals surface area contributed by atoms with Crippen LogP contribution in [0.3, 0.4) is 0 Å². The summed E-state index contributed by atoms with van der Waals surface area (Å²) in [4.78, 5) is 11.6. The highest BCUT2D eigenvalue weighted by molar-refractivity contribution is 5.77. The molecule has 0 aromatic heterocycles. The van der Waals surface area contributed by atoms with Gasteiger partial charge in [0.15, 0.2) is 6.61 Å². The van der Waals surface area contributed by atoms with E-state index in [1.165, 1.54) is 0 Å². The largest absolute Gasteiger partial charge is 0.484 e. The molecule has 0 radical (unpaired) electrons. The summed E-state index contributed by atoms with van der Waals surface area (Å²) in [6, 6.07) is 7.82. The minimum atomic E-state index is -0.0938. The normalized spacial score (nSPS) is 13.7. The lowest BCUT2D eigenvalue weighted by molar-refractivity contribution is -0.123. The van der Waals surface area contributed by atoms with Gasteiger partial charge in [0.25, 0.3) is 5.91 Å². The third-order valence-electron chi connectivity index (χ3n) is 3.14. The third kappa shape index (κ3) is 5.30. The average Bonchev–Trinajstić information content (AvgIpc) is 2.44. The molecule has 0 heterocycles. The van der Waals surface area contributed by atoms with Gasteiger partial charge in [-0.15, -0.1) is 0 Å². The highest BCUT2D eigenvalue weighted by atomic mass is 16.5. The first-order valence-corrected chi connectivity index (χ1v) is 6.84. The van der Waals surface area contributed by atoms with Crippen LogP contribution >= 0.6 is 0 Å². The molecule has 1 aromatic carbocycles. The fourth-order valence-electron chi connectivity index (χ4n) is 1.61. The number of hydrogen-bond donors (Lipinski definition) is 2. The second-order valence-electron chi connectivity index (χ2n) is 4.75.